The second kappa shape index (κ2) is 2.59. The molecule has 0 aliphatic carbocycles. The number of fused-ring (bicyclic) bond motifs is 1. The maximum atomic E-state index is 5.80. The van der Waals surface area contributed by atoms with E-state index < -0.39 is 0 Å². The summed E-state index contributed by atoms with van der Waals surface area (Å²) in [5.74, 6) is 0. The Morgan fingerprint density at radius 2 is 2.00 bits per heavy atom. The normalized spacial score (nSPS) is 10.5. The van der Waals surface area contributed by atoms with Crippen molar-refractivity contribution in [3.05, 3.63) is 48.6 Å². The highest BCUT2D eigenvalue weighted by Crippen LogP contribution is 2.18. The van der Waals surface area contributed by atoms with Crippen LogP contribution >= 0.6 is 0 Å². The Morgan fingerprint density at radius 1 is 1.17 bits per heavy atom. The standard InChI is InChI=1S/C11H9N/c1-8-4-3-5-11-9(2)12-7-6-10(8)11/h1,3-7H,2H3. The number of benzene rings is 1. The van der Waals surface area contributed by atoms with Gasteiger partial charge in [-0.2, -0.15) is 0 Å². The first-order chi connectivity index (χ1) is 5.79. The molecule has 0 aliphatic heterocycles. The quantitative estimate of drug-likeness (QED) is 0.569. The van der Waals surface area contributed by atoms with Crippen molar-refractivity contribution in [3.63, 3.8) is 0 Å². The molecule has 0 atom stereocenters. The SMILES string of the molecule is [CH]c1cccc2c(C)nccc12. The number of hydrogen-bond donors (Lipinski definition) is 0. The van der Waals surface area contributed by atoms with Crippen LogP contribution in [0.3, 0.4) is 0 Å². The Hall–Kier alpha value is -1.37. The molecule has 1 aromatic carbocycles. The topological polar surface area (TPSA) is 12.9 Å². The second-order valence-electron chi connectivity index (χ2n) is 2.84. The Labute approximate surface area is 72.1 Å². The van der Waals surface area contributed by atoms with Gasteiger partial charge < -0.3 is 0 Å². The van der Waals surface area contributed by atoms with Crippen molar-refractivity contribution in [1.29, 1.82) is 0 Å². The number of pyridine rings is 1. The second-order valence-corrected chi connectivity index (χ2v) is 2.84. The third kappa shape index (κ3) is 0.981. The van der Waals surface area contributed by atoms with Crippen LogP contribution < -0.4 is 0 Å². The lowest BCUT2D eigenvalue weighted by atomic mass is 10.1. The Morgan fingerprint density at radius 3 is 2.75 bits per heavy atom. The Kier molecular flexibility index (Phi) is 1.58. The van der Waals surface area contributed by atoms with Crippen LogP contribution in [0.5, 0.6) is 0 Å². The van der Waals surface area contributed by atoms with Gasteiger partial charge in [0.05, 0.1) is 0 Å². The van der Waals surface area contributed by atoms with Crippen molar-refractivity contribution in [2.24, 2.45) is 0 Å². The maximum Gasteiger partial charge on any atom is 0.0451 e. The van der Waals surface area contributed by atoms with Gasteiger partial charge in [-0.3, -0.25) is 4.98 Å². The molecule has 1 heteroatoms. The molecule has 0 spiro atoms. The average molecular weight is 155 g/mol. The molecule has 0 aliphatic rings. The van der Waals surface area contributed by atoms with Crippen LogP contribution in [0.25, 0.3) is 10.8 Å². The molecule has 0 N–H and O–H groups in total. The minimum Gasteiger partial charge on any atom is -0.261 e. The summed E-state index contributed by atoms with van der Waals surface area (Å²) < 4.78 is 0. The fraction of sp³-hybridized carbons (Fsp3) is 0.0909. The largest absolute Gasteiger partial charge is 0.261 e. The minimum absolute atomic E-state index is 0.818. The third-order valence-corrected chi connectivity index (χ3v) is 2.04. The van der Waals surface area contributed by atoms with Crippen molar-refractivity contribution in [3.8, 4) is 0 Å². The zero-order valence-corrected chi connectivity index (χ0v) is 6.91. The van der Waals surface area contributed by atoms with Crippen molar-refractivity contribution >= 4 is 10.8 Å². The van der Waals surface area contributed by atoms with Crippen molar-refractivity contribution in [2.45, 2.75) is 6.92 Å². The van der Waals surface area contributed by atoms with E-state index in [1.807, 2.05) is 31.2 Å². The van der Waals surface area contributed by atoms with Gasteiger partial charge in [0.15, 0.2) is 0 Å². The summed E-state index contributed by atoms with van der Waals surface area (Å²) in [5, 5.41) is 2.22. The summed E-state index contributed by atoms with van der Waals surface area (Å²) in [5.41, 5.74) is 1.85. The van der Waals surface area contributed by atoms with E-state index in [-0.39, 0.29) is 0 Å². The fourth-order valence-electron chi connectivity index (χ4n) is 1.38. The summed E-state index contributed by atoms with van der Waals surface area (Å²) in [4.78, 5) is 4.19. The zero-order chi connectivity index (χ0) is 8.55. The molecule has 0 saturated heterocycles. The van der Waals surface area contributed by atoms with E-state index in [0.717, 1.165) is 22.0 Å². The van der Waals surface area contributed by atoms with E-state index in [0.29, 0.717) is 0 Å². The highest BCUT2D eigenvalue weighted by molar-refractivity contribution is 5.87. The molecule has 0 amide bonds. The third-order valence-electron chi connectivity index (χ3n) is 2.04. The molecule has 0 unspecified atom stereocenters. The molecule has 2 aromatic rings. The van der Waals surface area contributed by atoms with Gasteiger partial charge in [-0.05, 0) is 30.9 Å². The van der Waals surface area contributed by atoms with E-state index in [1.54, 1.807) is 6.20 Å². The smallest absolute Gasteiger partial charge is 0.0451 e. The van der Waals surface area contributed by atoms with Crippen LogP contribution in [-0.2, 0) is 0 Å². The van der Waals surface area contributed by atoms with Gasteiger partial charge in [-0.15, -0.1) is 0 Å². The first-order valence-corrected chi connectivity index (χ1v) is 3.89. The number of aryl methyl sites for hydroxylation is 1. The summed E-state index contributed by atoms with van der Waals surface area (Å²) in [6, 6.07) is 7.83. The molecule has 2 rings (SSSR count). The average Bonchev–Trinajstić information content (AvgIpc) is 2.07. The maximum absolute atomic E-state index is 5.80. The lowest BCUT2D eigenvalue weighted by Gasteiger charge is -2.02. The predicted octanol–water partition coefficient (Wildman–Crippen LogP) is 2.60. The molecule has 1 aromatic heterocycles. The molecular formula is C11H9N. The highest BCUT2D eigenvalue weighted by atomic mass is 14.7. The molecule has 2 radical (unpaired) electrons. The molecule has 58 valence electrons. The molecule has 0 saturated carbocycles. The van der Waals surface area contributed by atoms with Gasteiger partial charge in [0.25, 0.3) is 0 Å². The monoisotopic (exact) mass is 155 g/mol. The van der Waals surface area contributed by atoms with Crippen LogP contribution in [0.1, 0.15) is 11.3 Å². The van der Waals surface area contributed by atoms with E-state index >= 15 is 0 Å². The van der Waals surface area contributed by atoms with Crippen LogP contribution in [0.4, 0.5) is 0 Å². The molecule has 12 heavy (non-hydrogen) atoms. The van der Waals surface area contributed by atoms with E-state index in [9.17, 15) is 0 Å². The summed E-state index contributed by atoms with van der Waals surface area (Å²) >= 11 is 0. The first kappa shape index (κ1) is 7.29. The predicted molar refractivity (Wildman–Crippen MR) is 49.9 cm³/mol. The molecular weight excluding hydrogens is 146 g/mol. The van der Waals surface area contributed by atoms with Gasteiger partial charge in [0.2, 0.25) is 0 Å². The Balaban J connectivity index is 2.94. The summed E-state index contributed by atoms with van der Waals surface area (Å²) in [7, 11) is 0. The van der Waals surface area contributed by atoms with Crippen LogP contribution in [0.2, 0.25) is 0 Å². The first-order valence-electron chi connectivity index (χ1n) is 3.89. The minimum atomic E-state index is 0.818. The van der Waals surface area contributed by atoms with Gasteiger partial charge in [0.1, 0.15) is 0 Å². The van der Waals surface area contributed by atoms with Gasteiger partial charge in [-0.25, -0.2) is 0 Å². The molecule has 0 bridgehead atoms. The van der Waals surface area contributed by atoms with Crippen molar-refractivity contribution in [1.82, 2.24) is 4.98 Å². The van der Waals surface area contributed by atoms with Crippen LogP contribution in [-0.4, -0.2) is 4.98 Å². The van der Waals surface area contributed by atoms with Gasteiger partial charge in [-0.1, -0.05) is 18.2 Å². The number of hydrogen-bond acceptors (Lipinski definition) is 1. The van der Waals surface area contributed by atoms with E-state index in [4.69, 9.17) is 6.92 Å². The highest BCUT2D eigenvalue weighted by Gasteiger charge is 1.98. The number of rotatable bonds is 0. The number of aromatic nitrogens is 1. The zero-order valence-electron chi connectivity index (χ0n) is 6.91. The van der Waals surface area contributed by atoms with Crippen LogP contribution in [0, 0.1) is 13.8 Å². The van der Waals surface area contributed by atoms with Crippen molar-refractivity contribution in [2.75, 3.05) is 0 Å². The van der Waals surface area contributed by atoms with Gasteiger partial charge >= 0.3 is 0 Å². The van der Waals surface area contributed by atoms with Crippen LogP contribution in [0.15, 0.2) is 30.5 Å². The van der Waals surface area contributed by atoms with E-state index in [2.05, 4.69) is 4.98 Å². The molecule has 1 nitrogen and oxygen atoms in total. The summed E-state index contributed by atoms with van der Waals surface area (Å²) in [6.07, 6.45) is 1.79. The summed E-state index contributed by atoms with van der Waals surface area (Å²) in [6.45, 7) is 7.79. The number of nitrogens with zero attached hydrogens (tertiary/aromatic N) is 1. The Bertz CT molecular complexity index is 377. The molecule has 1 heterocycles. The fourth-order valence-corrected chi connectivity index (χ4v) is 1.38. The lowest BCUT2D eigenvalue weighted by molar-refractivity contribution is 1.23. The van der Waals surface area contributed by atoms with Crippen molar-refractivity contribution < 1.29 is 0 Å². The van der Waals surface area contributed by atoms with E-state index in [1.165, 1.54) is 0 Å². The molecule has 0 fully saturated rings. The van der Waals surface area contributed by atoms with Gasteiger partial charge in [0, 0.05) is 17.3 Å². The lowest BCUT2D eigenvalue weighted by Crippen LogP contribution is -1.84.